The van der Waals surface area contributed by atoms with Crippen molar-refractivity contribution in [3.8, 4) is 0 Å². The molecule has 1 aliphatic carbocycles. The molecule has 3 fully saturated rings. The topological polar surface area (TPSA) is 58.6 Å². The lowest BCUT2D eigenvalue weighted by Crippen LogP contribution is -2.54. The van der Waals surface area contributed by atoms with Crippen LogP contribution in [0.25, 0.3) is 0 Å². The van der Waals surface area contributed by atoms with Crippen molar-refractivity contribution in [1.29, 1.82) is 0 Å². The highest BCUT2D eigenvalue weighted by atomic mass is 16.5. The molecule has 0 bridgehead atoms. The Labute approximate surface area is 161 Å². The molecule has 1 N–H and O–H groups in total. The van der Waals surface area contributed by atoms with Gasteiger partial charge in [-0.3, -0.25) is 9.59 Å². The normalized spacial score (nSPS) is 24.7. The molecular formula is C22H30N2O3. The summed E-state index contributed by atoms with van der Waals surface area (Å²) in [4.78, 5) is 26.9. The average molecular weight is 370 g/mol. The molecule has 3 aliphatic rings. The fraction of sp³-hybridized carbons (Fsp3) is 0.636. The van der Waals surface area contributed by atoms with Gasteiger partial charge in [0.2, 0.25) is 5.91 Å². The third-order valence-electron chi connectivity index (χ3n) is 6.22. The number of aryl methyl sites for hydroxylation is 2. The number of hydrogen-bond acceptors (Lipinski definition) is 3. The minimum Gasteiger partial charge on any atom is -0.375 e. The summed E-state index contributed by atoms with van der Waals surface area (Å²) in [5.74, 6) is 0.589. The summed E-state index contributed by atoms with van der Waals surface area (Å²) in [6, 6.07) is 6.25. The highest BCUT2D eigenvalue weighted by Gasteiger charge is 2.42. The molecule has 4 rings (SSSR count). The van der Waals surface area contributed by atoms with Crippen LogP contribution in [0, 0.1) is 19.8 Å². The van der Waals surface area contributed by atoms with Gasteiger partial charge in [-0.1, -0.05) is 17.2 Å². The monoisotopic (exact) mass is 370 g/mol. The first kappa shape index (κ1) is 18.5. The van der Waals surface area contributed by atoms with Crippen LogP contribution >= 0.6 is 0 Å². The van der Waals surface area contributed by atoms with Crippen LogP contribution in [0.5, 0.6) is 0 Å². The smallest absolute Gasteiger partial charge is 0.253 e. The van der Waals surface area contributed by atoms with Gasteiger partial charge in [-0.15, -0.1) is 0 Å². The van der Waals surface area contributed by atoms with Crippen molar-refractivity contribution in [2.45, 2.75) is 64.0 Å². The summed E-state index contributed by atoms with van der Waals surface area (Å²) in [5, 5.41) is 3.23. The van der Waals surface area contributed by atoms with E-state index >= 15 is 0 Å². The SMILES string of the molecule is Cc1cc(C)cc(C(=O)N2CCC3(CC2)CC(NC(=O)C2CC2)CCO3)c1. The fourth-order valence-corrected chi connectivity index (χ4v) is 4.56. The quantitative estimate of drug-likeness (QED) is 0.890. The minimum absolute atomic E-state index is 0.117. The number of ether oxygens (including phenoxy) is 1. The Morgan fingerprint density at radius 2 is 1.74 bits per heavy atom. The standard InChI is InChI=1S/C22H30N2O3/c1-15-11-16(2)13-18(12-15)21(26)24-8-6-22(7-9-24)14-19(5-10-27-22)23-20(25)17-3-4-17/h11-13,17,19H,3-10,14H2,1-2H3,(H,23,25). The van der Waals surface area contributed by atoms with E-state index in [9.17, 15) is 9.59 Å². The van der Waals surface area contributed by atoms with Crippen molar-refractivity contribution < 1.29 is 14.3 Å². The van der Waals surface area contributed by atoms with E-state index < -0.39 is 0 Å². The van der Waals surface area contributed by atoms with E-state index in [0.717, 1.165) is 68.3 Å². The number of piperidine rings is 1. The maximum absolute atomic E-state index is 12.9. The van der Waals surface area contributed by atoms with Crippen LogP contribution in [-0.4, -0.2) is 48.1 Å². The Kier molecular flexibility index (Phi) is 4.97. The van der Waals surface area contributed by atoms with Gasteiger partial charge in [0.05, 0.1) is 5.60 Å². The van der Waals surface area contributed by atoms with Crippen LogP contribution in [-0.2, 0) is 9.53 Å². The lowest BCUT2D eigenvalue weighted by Gasteiger charge is -2.46. The van der Waals surface area contributed by atoms with Crippen LogP contribution in [0.2, 0.25) is 0 Å². The van der Waals surface area contributed by atoms with Crippen LogP contribution in [0.15, 0.2) is 18.2 Å². The molecule has 0 radical (unpaired) electrons. The molecule has 5 heteroatoms. The summed E-state index contributed by atoms with van der Waals surface area (Å²) in [5.41, 5.74) is 2.84. The van der Waals surface area contributed by atoms with E-state index in [1.165, 1.54) is 0 Å². The fourth-order valence-electron chi connectivity index (χ4n) is 4.56. The van der Waals surface area contributed by atoms with Gasteiger partial charge in [0.25, 0.3) is 5.91 Å². The van der Waals surface area contributed by atoms with Crippen molar-refractivity contribution in [3.05, 3.63) is 34.9 Å². The van der Waals surface area contributed by atoms with Crippen molar-refractivity contribution in [2.24, 2.45) is 5.92 Å². The van der Waals surface area contributed by atoms with Gasteiger partial charge >= 0.3 is 0 Å². The van der Waals surface area contributed by atoms with Gasteiger partial charge in [-0.2, -0.15) is 0 Å². The summed E-state index contributed by atoms with van der Waals surface area (Å²) < 4.78 is 6.18. The predicted molar refractivity (Wildman–Crippen MR) is 104 cm³/mol. The van der Waals surface area contributed by atoms with E-state index in [0.29, 0.717) is 6.61 Å². The second-order valence-corrected chi connectivity index (χ2v) is 8.67. The van der Waals surface area contributed by atoms with E-state index in [2.05, 4.69) is 11.4 Å². The van der Waals surface area contributed by atoms with Gasteiger partial charge in [0, 0.05) is 37.2 Å². The van der Waals surface area contributed by atoms with Crippen molar-refractivity contribution in [2.75, 3.05) is 19.7 Å². The molecule has 2 aliphatic heterocycles. The molecule has 2 heterocycles. The molecule has 27 heavy (non-hydrogen) atoms. The minimum atomic E-state index is -0.181. The molecule has 1 aromatic rings. The molecule has 1 atom stereocenters. The number of likely N-dealkylation sites (tertiary alicyclic amines) is 1. The molecule has 2 saturated heterocycles. The number of carbonyl (C=O) groups excluding carboxylic acids is 2. The largest absolute Gasteiger partial charge is 0.375 e. The number of carbonyl (C=O) groups is 2. The third kappa shape index (κ3) is 4.18. The van der Waals surface area contributed by atoms with E-state index in [4.69, 9.17) is 4.74 Å². The van der Waals surface area contributed by atoms with Gasteiger partial charge in [0.15, 0.2) is 0 Å². The second kappa shape index (κ2) is 7.27. The summed E-state index contributed by atoms with van der Waals surface area (Å²) in [7, 11) is 0. The zero-order chi connectivity index (χ0) is 19.0. The highest BCUT2D eigenvalue weighted by molar-refractivity contribution is 5.94. The number of rotatable bonds is 3. The predicted octanol–water partition coefficient (Wildman–Crippen LogP) is 2.98. The molecule has 146 valence electrons. The Hall–Kier alpha value is -1.88. The summed E-state index contributed by atoms with van der Waals surface area (Å²) >= 11 is 0. The molecule has 1 aromatic carbocycles. The second-order valence-electron chi connectivity index (χ2n) is 8.67. The number of amides is 2. The summed E-state index contributed by atoms with van der Waals surface area (Å²) in [6.45, 7) is 6.19. The Balaban J connectivity index is 1.36. The zero-order valence-electron chi connectivity index (χ0n) is 16.4. The average Bonchev–Trinajstić information content (AvgIpc) is 3.46. The summed E-state index contributed by atoms with van der Waals surface area (Å²) in [6.07, 6.45) is 5.53. The van der Waals surface area contributed by atoms with Gasteiger partial charge in [-0.25, -0.2) is 0 Å². The van der Waals surface area contributed by atoms with Gasteiger partial charge in [0.1, 0.15) is 0 Å². The zero-order valence-corrected chi connectivity index (χ0v) is 16.4. The number of nitrogens with one attached hydrogen (secondary N) is 1. The first-order chi connectivity index (χ1) is 12.9. The van der Waals surface area contributed by atoms with Gasteiger partial charge in [-0.05, 0) is 64.5 Å². The molecule has 0 aromatic heterocycles. The number of hydrogen-bond donors (Lipinski definition) is 1. The first-order valence-corrected chi connectivity index (χ1v) is 10.3. The molecule has 1 spiro atoms. The van der Waals surface area contributed by atoms with Gasteiger partial charge < -0.3 is 15.0 Å². The lowest BCUT2D eigenvalue weighted by atomic mass is 9.82. The molecular weight excluding hydrogens is 340 g/mol. The first-order valence-electron chi connectivity index (χ1n) is 10.3. The molecule has 1 saturated carbocycles. The molecule has 1 unspecified atom stereocenters. The maximum atomic E-state index is 12.9. The van der Waals surface area contributed by atoms with Crippen molar-refractivity contribution >= 4 is 11.8 Å². The Morgan fingerprint density at radius 1 is 1.07 bits per heavy atom. The molecule has 5 nitrogen and oxygen atoms in total. The van der Waals surface area contributed by atoms with Crippen molar-refractivity contribution in [1.82, 2.24) is 10.2 Å². The maximum Gasteiger partial charge on any atom is 0.253 e. The highest BCUT2D eigenvalue weighted by Crippen LogP contribution is 2.36. The Bertz CT molecular complexity index is 713. The van der Waals surface area contributed by atoms with E-state index in [1.54, 1.807) is 0 Å². The van der Waals surface area contributed by atoms with Crippen LogP contribution in [0.3, 0.4) is 0 Å². The Morgan fingerprint density at radius 3 is 2.37 bits per heavy atom. The van der Waals surface area contributed by atoms with E-state index in [1.807, 2.05) is 30.9 Å². The molecule has 2 amide bonds. The van der Waals surface area contributed by atoms with Crippen LogP contribution < -0.4 is 5.32 Å². The number of nitrogens with zero attached hydrogens (tertiary/aromatic N) is 1. The van der Waals surface area contributed by atoms with Crippen LogP contribution in [0.1, 0.15) is 60.0 Å². The van der Waals surface area contributed by atoms with Crippen molar-refractivity contribution in [3.63, 3.8) is 0 Å². The van der Waals surface area contributed by atoms with Crippen LogP contribution in [0.4, 0.5) is 0 Å². The lowest BCUT2D eigenvalue weighted by molar-refractivity contribution is -0.131. The number of benzene rings is 1. The van der Waals surface area contributed by atoms with E-state index in [-0.39, 0.29) is 29.4 Å². The third-order valence-corrected chi connectivity index (χ3v) is 6.22.